The smallest absolute Gasteiger partial charge is 0.270 e. The predicted octanol–water partition coefficient (Wildman–Crippen LogP) is 3.89. The fourth-order valence-corrected chi connectivity index (χ4v) is 3.53. The van der Waals surface area contributed by atoms with Gasteiger partial charge in [-0.05, 0) is 62.7 Å². The molecule has 1 aliphatic heterocycles. The predicted molar refractivity (Wildman–Crippen MR) is 116 cm³/mol. The standard InChI is InChI=1S/C21H25N3O5.ClH/c1-22-13-15-4-3-11-23(14-15)21(25)19-12-16(24(26)27)5-10-20(19)29-18-8-6-17(28-2)7-9-18;/h5-10,12,15,22H,3-4,11,13-14H2,1-2H3;1H. The fourth-order valence-electron chi connectivity index (χ4n) is 3.53. The van der Waals surface area contributed by atoms with Crippen molar-refractivity contribution in [2.75, 3.05) is 33.8 Å². The third-order valence-electron chi connectivity index (χ3n) is 4.99. The lowest BCUT2D eigenvalue weighted by molar-refractivity contribution is -0.384. The first-order valence-corrected chi connectivity index (χ1v) is 9.56. The molecule has 1 amide bonds. The van der Waals surface area contributed by atoms with Crippen molar-refractivity contribution in [3.8, 4) is 17.2 Å². The van der Waals surface area contributed by atoms with Crippen LogP contribution in [0.15, 0.2) is 42.5 Å². The molecule has 0 radical (unpaired) electrons. The van der Waals surface area contributed by atoms with Crippen LogP contribution in [-0.4, -0.2) is 49.5 Å². The zero-order chi connectivity index (χ0) is 20.8. The maximum atomic E-state index is 13.2. The van der Waals surface area contributed by atoms with Gasteiger partial charge in [-0.25, -0.2) is 0 Å². The Labute approximate surface area is 181 Å². The van der Waals surface area contributed by atoms with E-state index in [0.29, 0.717) is 36.3 Å². The van der Waals surface area contributed by atoms with Gasteiger partial charge in [0.2, 0.25) is 0 Å². The van der Waals surface area contributed by atoms with Crippen LogP contribution in [0, 0.1) is 16.0 Å². The number of nitrogens with zero attached hydrogens (tertiary/aromatic N) is 2. The van der Waals surface area contributed by atoms with Gasteiger partial charge in [0, 0.05) is 25.2 Å². The van der Waals surface area contributed by atoms with Gasteiger partial charge in [-0.1, -0.05) is 0 Å². The van der Waals surface area contributed by atoms with Crippen molar-refractivity contribution in [3.05, 3.63) is 58.1 Å². The first kappa shape index (κ1) is 23.4. The van der Waals surface area contributed by atoms with E-state index in [4.69, 9.17) is 9.47 Å². The lowest BCUT2D eigenvalue weighted by Crippen LogP contribution is -2.42. The van der Waals surface area contributed by atoms with Gasteiger partial charge in [-0.2, -0.15) is 0 Å². The Hall–Kier alpha value is -2.84. The number of non-ortho nitro benzene ring substituents is 1. The van der Waals surface area contributed by atoms with Gasteiger partial charge in [0.05, 0.1) is 17.6 Å². The van der Waals surface area contributed by atoms with E-state index in [9.17, 15) is 14.9 Å². The van der Waals surface area contributed by atoms with Crippen molar-refractivity contribution in [1.29, 1.82) is 0 Å². The first-order chi connectivity index (χ1) is 14.0. The quantitative estimate of drug-likeness (QED) is 0.523. The molecule has 2 aromatic carbocycles. The number of rotatable bonds is 7. The largest absolute Gasteiger partial charge is 0.497 e. The Morgan fingerprint density at radius 1 is 1.23 bits per heavy atom. The number of ether oxygens (including phenoxy) is 2. The van der Waals surface area contributed by atoms with Gasteiger partial charge in [0.1, 0.15) is 17.2 Å². The molecule has 1 N–H and O–H groups in total. The average Bonchev–Trinajstić information content (AvgIpc) is 2.74. The third-order valence-corrected chi connectivity index (χ3v) is 4.99. The topological polar surface area (TPSA) is 93.9 Å². The summed E-state index contributed by atoms with van der Waals surface area (Å²) in [6.07, 6.45) is 1.95. The van der Waals surface area contributed by atoms with E-state index in [1.54, 1.807) is 36.3 Å². The van der Waals surface area contributed by atoms with Crippen LogP contribution >= 0.6 is 12.4 Å². The summed E-state index contributed by atoms with van der Waals surface area (Å²) in [5.74, 6) is 1.60. The van der Waals surface area contributed by atoms with Crippen LogP contribution in [0.3, 0.4) is 0 Å². The van der Waals surface area contributed by atoms with E-state index >= 15 is 0 Å². The molecule has 30 heavy (non-hydrogen) atoms. The third kappa shape index (κ3) is 5.61. The Morgan fingerprint density at radius 3 is 2.57 bits per heavy atom. The molecule has 1 atom stereocenters. The molecule has 0 aromatic heterocycles. The highest BCUT2D eigenvalue weighted by atomic mass is 35.5. The van der Waals surface area contributed by atoms with E-state index in [2.05, 4.69) is 5.32 Å². The van der Waals surface area contributed by atoms with Crippen molar-refractivity contribution in [1.82, 2.24) is 10.2 Å². The molecule has 0 aliphatic carbocycles. The number of hydrogen-bond donors (Lipinski definition) is 1. The summed E-state index contributed by atoms with van der Waals surface area (Å²) in [5.41, 5.74) is 0.0549. The van der Waals surface area contributed by atoms with Crippen LogP contribution in [-0.2, 0) is 0 Å². The van der Waals surface area contributed by atoms with Crippen molar-refractivity contribution in [2.24, 2.45) is 5.92 Å². The maximum Gasteiger partial charge on any atom is 0.270 e. The van der Waals surface area contributed by atoms with Gasteiger partial charge in [-0.15, -0.1) is 12.4 Å². The molecule has 9 heteroatoms. The zero-order valence-corrected chi connectivity index (χ0v) is 17.8. The highest BCUT2D eigenvalue weighted by Crippen LogP contribution is 2.31. The number of carbonyl (C=O) groups excluding carboxylic acids is 1. The number of amides is 1. The van der Waals surface area contributed by atoms with Crippen molar-refractivity contribution in [2.45, 2.75) is 12.8 Å². The van der Waals surface area contributed by atoms with Crippen LogP contribution in [0.1, 0.15) is 23.2 Å². The molecular weight excluding hydrogens is 410 g/mol. The summed E-state index contributed by atoms with van der Waals surface area (Å²) >= 11 is 0. The lowest BCUT2D eigenvalue weighted by atomic mass is 9.97. The lowest BCUT2D eigenvalue weighted by Gasteiger charge is -2.33. The zero-order valence-electron chi connectivity index (χ0n) is 17.0. The van der Waals surface area contributed by atoms with Gasteiger partial charge >= 0.3 is 0 Å². The molecule has 3 rings (SSSR count). The molecule has 0 spiro atoms. The van der Waals surface area contributed by atoms with Crippen molar-refractivity contribution in [3.63, 3.8) is 0 Å². The molecule has 1 unspecified atom stereocenters. The van der Waals surface area contributed by atoms with E-state index in [0.717, 1.165) is 19.4 Å². The maximum absolute atomic E-state index is 13.2. The highest BCUT2D eigenvalue weighted by molar-refractivity contribution is 5.97. The number of benzene rings is 2. The van der Waals surface area contributed by atoms with Crippen molar-refractivity contribution >= 4 is 24.0 Å². The molecular formula is C21H26ClN3O5. The normalized spacial score (nSPS) is 15.8. The molecule has 8 nitrogen and oxygen atoms in total. The second-order valence-electron chi connectivity index (χ2n) is 7.03. The number of nitro groups is 1. The van der Waals surface area contributed by atoms with Gasteiger partial charge in [-0.3, -0.25) is 14.9 Å². The molecule has 1 heterocycles. The van der Waals surface area contributed by atoms with Crippen LogP contribution in [0.25, 0.3) is 0 Å². The van der Waals surface area contributed by atoms with Gasteiger partial charge in [0.15, 0.2) is 0 Å². The highest BCUT2D eigenvalue weighted by Gasteiger charge is 2.27. The van der Waals surface area contributed by atoms with Crippen LogP contribution in [0.4, 0.5) is 5.69 Å². The minimum Gasteiger partial charge on any atom is -0.497 e. The number of likely N-dealkylation sites (tertiary alicyclic amines) is 1. The summed E-state index contributed by atoms with van der Waals surface area (Å²) in [4.78, 5) is 25.7. The summed E-state index contributed by atoms with van der Waals surface area (Å²) < 4.78 is 11.0. The first-order valence-electron chi connectivity index (χ1n) is 9.56. The summed E-state index contributed by atoms with van der Waals surface area (Å²) in [7, 11) is 3.46. The van der Waals surface area contributed by atoms with Crippen LogP contribution in [0.5, 0.6) is 17.2 Å². The number of nitro benzene ring substituents is 1. The Kier molecular flexibility index (Phi) is 8.44. The number of piperidine rings is 1. The number of halogens is 1. The van der Waals surface area contributed by atoms with Gasteiger partial charge < -0.3 is 19.7 Å². The minimum absolute atomic E-state index is 0. The molecule has 1 saturated heterocycles. The molecule has 0 bridgehead atoms. The molecule has 0 saturated carbocycles. The monoisotopic (exact) mass is 435 g/mol. The summed E-state index contributed by atoms with van der Waals surface area (Å²) in [6.45, 7) is 2.07. The molecule has 1 aliphatic rings. The number of nitrogens with one attached hydrogen (secondary N) is 1. The van der Waals surface area contributed by atoms with E-state index in [1.807, 2.05) is 7.05 Å². The van der Waals surface area contributed by atoms with E-state index in [1.165, 1.54) is 18.2 Å². The Bertz CT molecular complexity index is 873. The summed E-state index contributed by atoms with van der Waals surface area (Å²) in [5, 5.41) is 14.4. The average molecular weight is 436 g/mol. The number of carbonyl (C=O) groups is 1. The van der Waals surface area contributed by atoms with Gasteiger partial charge in [0.25, 0.3) is 11.6 Å². The summed E-state index contributed by atoms with van der Waals surface area (Å²) in [6, 6.07) is 11.0. The minimum atomic E-state index is -0.506. The Balaban J connectivity index is 0.00000320. The number of hydrogen-bond acceptors (Lipinski definition) is 6. The molecule has 1 fully saturated rings. The second-order valence-corrected chi connectivity index (χ2v) is 7.03. The Morgan fingerprint density at radius 2 is 1.93 bits per heavy atom. The molecule has 2 aromatic rings. The second kappa shape index (κ2) is 10.8. The van der Waals surface area contributed by atoms with E-state index in [-0.39, 0.29) is 29.6 Å². The number of methoxy groups -OCH3 is 1. The SMILES string of the molecule is CNCC1CCCN(C(=O)c2cc([N+](=O)[O-])ccc2Oc2ccc(OC)cc2)C1.Cl. The fraction of sp³-hybridized carbons (Fsp3) is 0.381. The van der Waals surface area contributed by atoms with Crippen LogP contribution in [0.2, 0.25) is 0 Å². The van der Waals surface area contributed by atoms with Crippen molar-refractivity contribution < 1.29 is 19.2 Å². The van der Waals surface area contributed by atoms with E-state index < -0.39 is 4.92 Å². The molecule has 162 valence electrons. The van der Waals surface area contributed by atoms with Crippen LogP contribution < -0.4 is 14.8 Å².